The summed E-state index contributed by atoms with van der Waals surface area (Å²) >= 11 is 1.42. The third-order valence-corrected chi connectivity index (χ3v) is 6.21. The molecule has 0 aliphatic carbocycles. The van der Waals surface area contributed by atoms with E-state index in [4.69, 9.17) is 5.11 Å². The fourth-order valence-electron chi connectivity index (χ4n) is 3.68. The number of aliphatic hydroxyl groups is 2. The highest BCUT2D eigenvalue weighted by molar-refractivity contribution is 7.22. The Bertz CT molecular complexity index is 1050. The van der Waals surface area contributed by atoms with Gasteiger partial charge in [0.15, 0.2) is 16.8 Å². The minimum Gasteiger partial charge on any atom is -0.394 e. The van der Waals surface area contributed by atoms with Crippen LogP contribution in [0.3, 0.4) is 0 Å². The Hall–Kier alpha value is -2.82. The number of anilines is 2. The highest BCUT2D eigenvalue weighted by Crippen LogP contribution is 2.27. The number of fused-ring (bicyclic) bond motifs is 1. The molecule has 0 radical (unpaired) electrons. The number of thiazole rings is 1. The summed E-state index contributed by atoms with van der Waals surface area (Å²) in [6.07, 6.45) is 0.704. The molecule has 1 unspecified atom stereocenters. The normalized spacial score (nSPS) is 17.7. The molecule has 2 atom stereocenters. The smallest absolute Gasteiger partial charge is 0.323 e. The highest BCUT2D eigenvalue weighted by Gasteiger charge is 2.29. The van der Waals surface area contributed by atoms with Crippen LogP contribution < -0.4 is 10.2 Å². The van der Waals surface area contributed by atoms with Crippen molar-refractivity contribution in [3.8, 4) is 0 Å². The lowest BCUT2D eigenvalue weighted by Crippen LogP contribution is -2.55. The Kier molecular flexibility index (Phi) is 6.30. The summed E-state index contributed by atoms with van der Waals surface area (Å²) in [6, 6.07) is 8.67. The molecule has 3 aromatic rings. The van der Waals surface area contributed by atoms with Crippen LogP contribution in [0.5, 0.6) is 0 Å². The predicted molar refractivity (Wildman–Crippen MR) is 118 cm³/mol. The van der Waals surface area contributed by atoms with Crippen LogP contribution in [0.4, 0.5) is 20.1 Å². The number of hydrogen-bond donors (Lipinski definition) is 3. The van der Waals surface area contributed by atoms with Gasteiger partial charge >= 0.3 is 6.03 Å². The molecule has 2 amide bonds. The molecule has 4 rings (SSSR count). The van der Waals surface area contributed by atoms with Gasteiger partial charge in [0, 0.05) is 38.3 Å². The number of rotatable bonds is 5. The summed E-state index contributed by atoms with van der Waals surface area (Å²) in [5, 5.41) is 21.9. The minimum absolute atomic E-state index is 0.134. The minimum atomic E-state index is -0.941. The fraction of sp³-hybridized carbons (Fsp3) is 0.381. The van der Waals surface area contributed by atoms with Gasteiger partial charge < -0.3 is 20.0 Å². The van der Waals surface area contributed by atoms with Crippen molar-refractivity contribution in [3.05, 3.63) is 47.9 Å². The number of pyridine rings is 1. The Morgan fingerprint density at radius 3 is 2.90 bits per heavy atom. The molecule has 8 nitrogen and oxygen atoms in total. The van der Waals surface area contributed by atoms with Crippen molar-refractivity contribution in [3.63, 3.8) is 0 Å². The number of aliphatic hydroxyl groups excluding tert-OH is 2. The fourth-order valence-corrected chi connectivity index (χ4v) is 4.54. The number of carbonyl (C=O) groups excluding carboxylic acids is 1. The number of urea groups is 1. The highest BCUT2D eigenvalue weighted by atomic mass is 32.1. The van der Waals surface area contributed by atoms with Gasteiger partial charge in [-0.25, -0.2) is 19.2 Å². The van der Waals surface area contributed by atoms with Crippen molar-refractivity contribution in [1.82, 2.24) is 14.9 Å². The molecule has 1 aromatic carbocycles. The SMILES string of the molecule is CC1CN(C(=O)Nc2nc3ccccc3s2)CCN1c1ncc(C[C@@H](O)CO)cc1F. The monoisotopic (exact) mass is 445 g/mol. The average Bonchev–Trinajstić information content (AvgIpc) is 3.16. The Morgan fingerprint density at radius 1 is 1.39 bits per heavy atom. The molecule has 0 spiro atoms. The van der Waals surface area contributed by atoms with Crippen LogP contribution in [0.15, 0.2) is 36.5 Å². The number of aromatic nitrogens is 2. The number of carbonyl (C=O) groups is 1. The zero-order chi connectivity index (χ0) is 22.0. The summed E-state index contributed by atoms with van der Waals surface area (Å²) in [4.78, 5) is 24.9. The number of nitrogens with zero attached hydrogens (tertiary/aromatic N) is 4. The van der Waals surface area contributed by atoms with Crippen LogP contribution in [0.25, 0.3) is 10.2 Å². The lowest BCUT2D eigenvalue weighted by molar-refractivity contribution is 0.0954. The van der Waals surface area contributed by atoms with Crippen LogP contribution in [0.2, 0.25) is 0 Å². The molecule has 10 heteroatoms. The van der Waals surface area contributed by atoms with E-state index < -0.39 is 11.9 Å². The van der Waals surface area contributed by atoms with Gasteiger partial charge in [-0.2, -0.15) is 0 Å². The van der Waals surface area contributed by atoms with E-state index >= 15 is 0 Å². The standard InChI is InChI=1S/C21H24FN5O3S/c1-13-11-26(21(30)25-20-24-17-4-2-3-5-18(17)31-20)6-7-27(13)19-16(22)9-14(10-23-19)8-15(29)12-28/h2-5,9-10,13,15,28-29H,6-8,11-12H2,1H3,(H,24,25,30)/t13?,15-/m1/s1. The van der Waals surface area contributed by atoms with Crippen molar-refractivity contribution >= 4 is 38.5 Å². The second-order valence-electron chi connectivity index (χ2n) is 7.59. The zero-order valence-corrected chi connectivity index (χ0v) is 17.8. The molecule has 1 fully saturated rings. The lowest BCUT2D eigenvalue weighted by Gasteiger charge is -2.40. The van der Waals surface area contributed by atoms with Crippen LogP contribution in [0, 0.1) is 5.82 Å². The topological polar surface area (TPSA) is 102 Å². The van der Waals surface area contributed by atoms with Gasteiger partial charge in [0.1, 0.15) is 0 Å². The molecule has 3 heterocycles. The van der Waals surface area contributed by atoms with Crippen LogP contribution in [-0.4, -0.2) is 69.5 Å². The van der Waals surface area contributed by atoms with E-state index in [-0.39, 0.29) is 30.9 Å². The first-order chi connectivity index (χ1) is 14.9. The van der Waals surface area contributed by atoms with Crippen molar-refractivity contribution in [2.75, 3.05) is 36.5 Å². The molecule has 2 aromatic heterocycles. The quantitative estimate of drug-likeness (QED) is 0.558. The summed E-state index contributed by atoms with van der Waals surface area (Å²) < 4.78 is 15.7. The summed E-state index contributed by atoms with van der Waals surface area (Å²) in [7, 11) is 0. The van der Waals surface area contributed by atoms with Gasteiger partial charge in [-0.15, -0.1) is 0 Å². The lowest BCUT2D eigenvalue weighted by atomic mass is 10.1. The number of para-hydroxylation sites is 1. The Balaban J connectivity index is 1.39. The van der Waals surface area contributed by atoms with Crippen LogP contribution in [-0.2, 0) is 6.42 Å². The maximum Gasteiger partial charge on any atom is 0.323 e. The van der Waals surface area contributed by atoms with Gasteiger partial charge in [-0.3, -0.25) is 5.32 Å². The van der Waals surface area contributed by atoms with Gasteiger partial charge in [-0.05, 0) is 30.7 Å². The second-order valence-corrected chi connectivity index (χ2v) is 8.63. The van der Waals surface area contributed by atoms with E-state index in [1.807, 2.05) is 36.1 Å². The van der Waals surface area contributed by atoms with Gasteiger partial charge in [-0.1, -0.05) is 23.5 Å². The largest absolute Gasteiger partial charge is 0.394 e. The molecule has 0 bridgehead atoms. The summed E-state index contributed by atoms with van der Waals surface area (Å²) in [5.74, 6) is -0.261. The molecule has 1 aliphatic rings. The number of halogens is 1. The average molecular weight is 446 g/mol. The number of piperazine rings is 1. The third-order valence-electron chi connectivity index (χ3n) is 5.25. The van der Waals surface area contributed by atoms with E-state index in [2.05, 4.69) is 15.3 Å². The second kappa shape index (κ2) is 9.13. The molecule has 3 N–H and O–H groups in total. The van der Waals surface area contributed by atoms with E-state index in [1.165, 1.54) is 23.6 Å². The van der Waals surface area contributed by atoms with Gasteiger partial charge in [0.2, 0.25) is 0 Å². The molecular formula is C21H24FN5O3S. The predicted octanol–water partition coefficient (Wildman–Crippen LogP) is 2.47. The van der Waals surface area contributed by atoms with Crippen molar-refractivity contribution in [2.24, 2.45) is 0 Å². The van der Waals surface area contributed by atoms with Crippen LogP contribution >= 0.6 is 11.3 Å². The van der Waals surface area contributed by atoms with E-state index in [0.29, 0.717) is 30.3 Å². The zero-order valence-electron chi connectivity index (χ0n) is 17.0. The van der Waals surface area contributed by atoms with E-state index in [0.717, 1.165) is 10.2 Å². The number of nitrogens with one attached hydrogen (secondary N) is 1. The summed E-state index contributed by atoms with van der Waals surface area (Å²) in [6.45, 7) is 2.82. The van der Waals surface area contributed by atoms with Gasteiger partial charge in [0.25, 0.3) is 0 Å². The van der Waals surface area contributed by atoms with Crippen molar-refractivity contribution < 1.29 is 19.4 Å². The maximum absolute atomic E-state index is 14.7. The van der Waals surface area contributed by atoms with Crippen molar-refractivity contribution in [2.45, 2.75) is 25.5 Å². The Morgan fingerprint density at radius 2 is 2.19 bits per heavy atom. The molecule has 31 heavy (non-hydrogen) atoms. The first-order valence-electron chi connectivity index (χ1n) is 10.1. The summed E-state index contributed by atoms with van der Waals surface area (Å²) in [5.41, 5.74) is 1.36. The van der Waals surface area contributed by atoms with E-state index in [1.54, 1.807) is 4.90 Å². The first-order valence-corrected chi connectivity index (χ1v) is 10.9. The molecular weight excluding hydrogens is 421 g/mol. The Labute approximate surface area is 183 Å². The third kappa shape index (κ3) is 4.76. The van der Waals surface area contributed by atoms with Gasteiger partial charge in [0.05, 0.1) is 22.9 Å². The first kappa shape index (κ1) is 21.4. The molecule has 164 valence electrons. The number of hydrogen-bond acceptors (Lipinski definition) is 7. The number of benzene rings is 1. The molecule has 1 saturated heterocycles. The van der Waals surface area contributed by atoms with Crippen molar-refractivity contribution in [1.29, 1.82) is 0 Å². The van der Waals surface area contributed by atoms with E-state index in [9.17, 15) is 14.3 Å². The van der Waals surface area contributed by atoms with Crippen LogP contribution in [0.1, 0.15) is 12.5 Å². The molecule has 0 saturated carbocycles. The molecule has 1 aliphatic heterocycles. The maximum atomic E-state index is 14.7. The number of amides is 2.